The third kappa shape index (κ3) is 3.93. The number of allylic oxidation sites excluding steroid dienone is 4. The SMILES string of the molecule is COc1ccc2nc(SC[C@]3(O)CC[C@H]4[C@]56C=C[C@@]7(C=C5C(=O)c5cc8ccccc8s5)CC(O)CC[C@]7(C)[C@H]6CC[C@@]43C)[nH]c2c1. The number of carbonyl (C=O) groups is 1. The lowest BCUT2D eigenvalue weighted by Gasteiger charge is -2.71. The molecule has 1 unspecified atom stereocenters. The van der Waals surface area contributed by atoms with Crippen molar-refractivity contribution in [3.05, 3.63) is 77.2 Å². The Bertz CT molecular complexity index is 1980. The number of ketones is 1. The Morgan fingerprint density at radius 3 is 2.66 bits per heavy atom. The lowest BCUT2D eigenvalue weighted by molar-refractivity contribution is -0.166. The molecule has 47 heavy (non-hydrogen) atoms. The molecule has 2 aromatic heterocycles. The number of nitrogens with one attached hydrogen (secondary N) is 1. The number of imidazole rings is 1. The van der Waals surface area contributed by atoms with Crippen molar-refractivity contribution < 1.29 is 19.7 Å². The Morgan fingerprint density at radius 2 is 1.83 bits per heavy atom. The number of aliphatic hydroxyl groups excluding tert-OH is 1. The van der Waals surface area contributed by atoms with Crippen molar-refractivity contribution in [3.8, 4) is 5.75 Å². The van der Waals surface area contributed by atoms with Crippen LogP contribution in [0.25, 0.3) is 21.1 Å². The van der Waals surface area contributed by atoms with Gasteiger partial charge in [-0.05, 0) is 91.8 Å². The fourth-order valence-corrected chi connectivity index (χ4v) is 13.4. The number of hydrogen-bond donors (Lipinski definition) is 3. The Kier molecular flexibility index (Phi) is 6.46. The summed E-state index contributed by atoms with van der Waals surface area (Å²) in [6.07, 6.45) is 12.6. The van der Waals surface area contributed by atoms with Crippen molar-refractivity contribution in [3.63, 3.8) is 0 Å². The van der Waals surface area contributed by atoms with E-state index in [1.165, 1.54) is 0 Å². The molecule has 2 aromatic carbocycles. The maximum absolute atomic E-state index is 14.9. The van der Waals surface area contributed by atoms with Gasteiger partial charge in [-0.25, -0.2) is 4.98 Å². The number of carbonyl (C=O) groups excluding carboxylic acids is 1. The van der Waals surface area contributed by atoms with Crippen LogP contribution in [-0.2, 0) is 0 Å². The van der Waals surface area contributed by atoms with E-state index in [2.05, 4.69) is 55.3 Å². The summed E-state index contributed by atoms with van der Waals surface area (Å²) in [6.45, 7) is 4.74. The van der Waals surface area contributed by atoms with Crippen LogP contribution in [0.1, 0.15) is 68.5 Å². The van der Waals surface area contributed by atoms with Gasteiger partial charge in [0, 0.05) is 38.3 Å². The topological polar surface area (TPSA) is 95.4 Å². The second-order valence-corrected chi connectivity index (χ2v) is 17.5. The van der Waals surface area contributed by atoms with Crippen LogP contribution in [0.5, 0.6) is 5.75 Å². The number of thioether (sulfide) groups is 1. The van der Waals surface area contributed by atoms with E-state index in [1.54, 1.807) is 30.2 Å². The van der Waals surface area contributed by atoms with Gasteiger partial charge in [-0.15, -0.1) is 11.3 Å². The zero-order valence-corrected chi connectivity index (χ0v) is 28.8. The summed E-state index contributed by atoms with van der Waals surface area (Å²) in [6, 6.07) is 16.1. The number of ether oxygens (including phenoxy) is 1. The number of H-pyrrole nitrogens is 1. The molecule has 0 saturated heterocycles. The van der Waals surface area contributed by atoms with E-state index in [0.717, 1.165) is 74.6 Å². The largest absolute Gasteiger partial charge is 0.497 e. The molecule has 4 aromatic rings. The van der Waals surface area contributed by atoms with Crippen LogP contribution < -0.4 is 4.74 Å². The Morgan fingerprint density at radius 1 is 1.04 bits per heavy atom. The van der Waals surface area contributed by atoms with Gasteiger partial charge in [0.25, 0.3) is 0 Å². The average Bonchev–Trinajstić information content (AvgIpc) is 3.76. The molecule has 6 aliphatic carbocycles. The molecule has 8 atom stereocenters. The summed E-state index contributed by atoms with van der Waals surface area (Å²) in [4.78, 5) is 24.0. The van der Waals surface area contributed by atoms with Crippen molar-refractivity contribution in [2.75, 3.05) is 12.9 Å². The first-order valence-electron chi connectivity index (χ1n) is 17.1. The smallest absolute Gasteiger partial charge is 0.199 e. The molecule has 8 heteroatoms. The van der Waals surface area contributed by atoms with Crippen LogP contribution >= 0.6 is 23.1 Å². The van der Waals surface area contributed by atoms with E-state index in [4.69, 9.17) is 9.72 Å². The molecule has 10 rings (SSSR count). The summed E-state index contributed by atoms with van der Waals surface area (Å²) in [5.74, 6) is 1.86. The zero-order valence-electron chi connectivity index (χ0n) is 27.2. The quantitative estimate of drug-likeness (QED) is 0.109. The number of aromatic amines is 1. The second kappa shape index (κ2) is 10.1. The Balaban J connectivity index is 1.11. The van der Waals surface area contributed by atoms with Gasteiger partial charge in [0.2, 0.25) is 0 Å². The molecule has 244 valence electrons. The summed E-state index contributed by atoms with van der Waals surface area (Å²) in [5.41, 5.74) is 0.608. The van der Waals surface area contributed by atoms with Gasteiger partial charge in [-0.1, -0.05) is 62.0 Å². The highest BCUT2D eigenvalue weighted by Crippen LogP contribution is 2.78. The van der Waals surface area contributed by atoms with Crippen LogP contribution in [0.15, 0.2) is 77.5 Å². The standard InChI is InChI=1S/C39H42N2O4S2/c1-35-13-10-24(42)20-37(35)16-17-39(26(21-37)33(43)30-18-23-6-4-5-7-29(23)47-30)31(35)11-14-36(2)32(39)12-15-38(36,44)22-46-34-40-27-9-8-25(45-3)19-28(27)41-34/h4-9,16-19,21,24,31-32,42,44H,10-15,20,22H2,1-3H3,(H,40,41)/t24?,31-,32-,35-,36+,37+,38-,39-/m1/s1. The van der Waals surface area contributed by atoms with Crippen molar-refractivity contribution in [2.45, 2.75) is 75.7 Å². The normalized spacial score (nSPS) is 38.7. The van der Waals surface area contributed by atoms with Crippen molar-refractivity contribution in [1.82, 2.24) is 9.97 Å². The average molecular weight is 667 g/mol. The summed E-state index contributed by atoms with van der Waals surface area (Å²) in [5, 5.41) is 25.6. The molecule has 0 aliphatic heterocycles. The van der Waals surface area contributed by atoms with E-state index < -0.39 is 11.0 Å². The van der Waals surface area contributed by atoms with Crippen molar-refractivity contribution in [2.24, 2.45) is 33.5 Å². The summed E-state index contributed by atoms with van der Waals surface area (Å²) in [7, 11) is 1.66. The lowest BCUT2D eigenvalue weighted by Crippen LogP contribution is -2.67. The number of benzene rings is 2. The number of fused-ring (bicyclic) bond motifs is 3. The van der Waals surface area contributed by atoms with Gasteiger partial charge in [0.1, 0.15) is 5.75 Å². The number of aliphatic hydroxyl groups is 2. The van der Waals surface area contributed by atoms with Gasteiger partial charge in [0.05, 0.1) is 34.7 Å². The van der Waals surface area contributed by atoms with Crippen LogP contribution in [0, 0.1) is 33.5 Å². The highest BCUT2D eigenvalue weighted by molar-refractivity contribution is 7.99. The van der Waals surface area contributed by atoms with Gasteiger partial charge < -0.3 is 19.9 Å². The molecule has 6 aliphatic rings. The van der Waals surface area contributed by atoms with Crippen LogP contribution in [0.4, 0.5) is 0 Å². The van der Waals surface area contributed by atoms with Gasteiger partial charge in [-0.2, -0.15) is 0 Å². The molecular weight excluding hydrogens is 625 g/mol. The van der Waals surface area contributed by atoms with Crippen LogP contribution in [0.3, 0.4) is 0 Å². The number of hydrogen-bond acceptors (Lipinski definition) is 7. The fourth-order valence-electron chi connectivity index (χ4n) is 11.2. The van der Waals surface area contributed by atoms with Crippen LogP contribution in [0.2, 0.25) is 0 Å². The first-order chi connectivity index (χ1) is 22.5. The maximum atomic E-state index is 14.9. The van der Waals surface area contributed by atoms with E-state index in [1.807, 2.05) is 30.3 Å². The first kappa shape index (κ1) is 30.2. The highest BCUT2D eigenvalue weighted by Gasteiger charge is 2.74. The fraction of sp³-hybridized carbons (Fsp3) is 0.487. The number of aromatic nitrogens is 2. The third-order valence-electron chi connectivity index (χ3n) is 13.7. The molecular formula is C39H42N2O4S2. The van der Waals surface area contributed by atoms with E-state index in [-0.39, 0.29) is 40.0 Å². The van der Waals surface area contributed by atoms with Gasteiger partial charge in [0.15, 0.2) is 10.9 Å². The van der Waals surface area contributed by atoms with E-state index in [9.17, 15) is 15.0 Å². The molecule has 3 fully saturated rings. The molecule has 2 heterocycles. The van der Waals surface area contributed by atoms with E-state index >= 15 is 0 Å². The molecule has 2 bridgehead atoms. The molecule has 3 N–H and O–H groups in total. The number of rotatable bonds is 6. The lowest BCUT2D eigenvalue weighted by atomic mass is 9.33. The number of Topliss-reactive ketones (excluding diaryl/α,β-unsaturated/α-hetero) is 1. The second-order valence-electron chi connectivity index (χ2n) is 15.5. The third-order valence-corrected chi connectivity index (χ3v) is 15.9. The molecule has 3 saturated carbocycles. The Labute approximate surface area is 283 Å². The molecule has 6 nitrogen and oxygen atoms in total. The molecule has 0 radical (unpaired) electrons. The monoisotopic (exact) mass is 666 g/mol. The highest BCUT2D eigenvalue weighted by atomic mass is 32.2. The van der Waals surface area contributed by atoms with Crippen LogP contribution in [-0.4, -0.2) is 50.5 Å². The number of methoxy groups -OCH3 is 1. The minimum atomic E-state index is -0.909. The van der Waals surface area contributed by atoms with Gasteiger partial charge >= 0.3 is 0 Å². The van der Waals surface area contributed by atoms with Crippen molar-refractivity contribution in [1.29, 1.82) is 0 Å². The predicted octanol–water partition coefficient (Wildman–Crippen LogP) is 8.35. The zero-order chi connectivity index (χ0) is 32.4. The molecule has 2 spiro atoms. The molecule has 0 amide bonds. The minimum absolute atomic E-state index is 0.0446. The summed E-state index contributed by atoms with van der Waals surface area (Å²) >= 11 is 3.18. The maximum Gasteiger partial charge on any atom is 0.199 e. The predicted molar refractivity (Wildman–Crippen MR) is 188 cm³/mol. The minimum Gasteiger partial charge on any atom is -0.497 e. The summed E-state index contributed by atoms with van der Waals surface area (Å²) < 4.78 is 6.53. The first-order valence-corrected chi connectivity index (χ1v) is 18.9. The van der Waals surface area contributed by atoms with Crippen molar-refractivity contribution >= 4 is 50.0 Å². The van der Waals surface area contributed by atoms with E-state index in [0.29, 0.717) is 18.6 Å². The number of thiophene rings is 1. The number of nitrogens with zero attached hydrogens (tertiary/aromatic N) is 1. The van der Waals surface area contributed by atoms with Gasteiger partial charge in [-0.3, -0.25) is 4.79 Å². The Hall–Kier alpha value is -2.91.